The van der Waals surface area contributed by atoms with Gasteiger partial charge in [0.1, 0.15) is 5.75 Å². The minimum absolute atomic E-state index is 0.280. The molecule has 0 saturated carbocycles. The van der Waals surface area contributed by atoms with Crippen molar-refractivity contribution in [2.45, 2.75) is 32.4 Å². The van der Waals surface area contributed by atoms with E-state index in [0.29, 0.717) is 24.2 Å². The molecule has 3 rings (SSSR count). The van der Waals surface area contributed by atoms with Gasteiger partial charge in [0.25, 0.3) is 0 Å². The second-order valence-electron chi connectivity index (χ2n) is 6.57. The zero-order valence-electron chi connectivity index (χ0n) is 16.2. The Kier molecular flexibility index (Phi) is 6.64. The molecular formula is C19H28N6O2. The first-order chi connectivity index (χ1) is 13.2. The lowest BCUT2D eigenvalue weighted by atomic mass is 10.1. The number of hydrogen-bond donors (Lipinski definition) is 2. The normalized spacial score (nSPS) is 16.3. The summed E-state index contributed by atoms with van der Waals surface area (Å²) in [7, 11) is 3.45. The number of hydrogen-bond acceptors (Lipinski definition) is 6. The summed E-state index contributed by atoms with van der Waals surface area (Å²) in [6.07, 6.45) is 2.49. The molecule has 2 heterocycles. The van der Waals surface area contributed by atoms with E-state index in [2.05, 4.69) is 42.8 Å². The summed E-state index contributed by atoms with van der Waals surface area (Å²) in [4.78, 5) is 11.0. The van der Waals surface area contributed by atoms with Crippen LogP contribution in [0.4, 0.5) is 0 Å². The number of methoxy groups -OCH3 is 1. The van der Waals surface area contributed by atoms with Gasteiger partial charge in [0.2, 0.25) is 5.89 Å². The Hall–Kier alpha value is -2.61. The van der Waals surface area contributed by atoms with Gasteiger partial charge in [-0.1, -0.05) is 17.3 Å². The van der Waals surface area contributed by atoms with Gasteiger partial charge in [0.15, 0.2) is 11.8 Å². The molecule has 8 heteroatoms. The zero-order valence-corrected chi connectivity index (χ0v) is 16.2. The largest absolute Gasteiger partial charge is 0.497 e. The van der Waals surface area contributed by atoms with Crippen LogP contribution in [-0.4, -0.2) is 54.8 Å². The molecule has 0 amide bonds. The van der Waals surface area contributed by atoms with Gasteiger partial charge < -0.3 is 19.9 Å². The second kappa shape index (κ2) is 9.36. The Morgan fingerprint density at radius 3 is 2.59 bits per heavy atom. The molecule has 1 aliphatic heterocycles. The van der Waals surface area contributed by atoms with E-state index in [1.807, 2.05) is 12.1 Å². The fraction of sp³-hybridized carbons (Fsp3) is 0.526. The van der Waals surface area contributed by atoms with Gasteiger partial charge in [-0.15, -0.1) is 0 Å². The van der Waals surface area contributed by atoms with E-state index in [4.69, 9.17) is 9.26 Å². The summed E-state index contributed by atoms with van der Waals surface area (Å²) >= 11 is 0. The van der Waals surface area contributed by atoms with Gasteiger partial charge in [-0.3, -0.25) is 9.89 Å². The number of benzene rings is 1. The molecule has 1 atom stereocenters. The molecule has 0 spiro atoms. The van der Waals surface area contributed by atoms with E-state index in [0.717, 1.165) is 25.4 Å². The zero-order chi connectivity index (χ0) is 19.1. The number of aliphatic imine (C=N–C) groups is 1. The minimum Gasteiger partial charge on any atom is -0.497 e. The molecule has 2 aromatic rings. The maximum atomic E-state index is 5.29. The summed E-state index contributed by atoms with van der Waals surface area (Å²) in [6, 6.07) is 8.59. The van der Waals surface area contributed by atoms with Crippen LogP contribution in [0.2, 0.25) is 0 Å². The Labute approximate surface area is 160 Å². The van der Waals surface area contributed by atoms with E-state index in [1.54, 1.807) is 21.1 Å². The number of nitrogens with zero attached hydrogens (tertiary/aromatic N) is 4. The first-order valence-corrected chi connectivity index (χ1v) is 9.31. The van der Waals surface area contributed by atoms with Crippen LogP contribution >= 0.6 is 0 Å². The molecule has 1 fully saturated rings. The van der Waals surface area contributed by atoms with Gasteiger partial charge in [-0.2, -0.15) is 4.98 Å². The third kappa shape index (κ3) is 5.19. The summed E-state index contributed by atoms with van der Waals surface area (Å²) < 4.78 is 10.4. The number of guanidine groups is 1. The molecule has 0 bridgehead atoms. The van der Waals surface area contributed by atoms with Crippen LogP contribution in [0.1, 0.15) is 36.2 Å². The van der Waals surface area contributed by atoms with Gasteiger partial charge in [-0.05, 0) is 50.6 Å². The Balaban J connectivity index is 1.62. The highest BCUT2D eigenvalue weighted by Gasteiger charge is 2.23. The van der Waals surface area contributed by atoms with Crippen molar-refractivity contribution in [1.29, 1.82) is 0 Å². The molecule has 1 saturated heterocycles. The molecule has 1 aromatic carbocycles. The Morgan fingerprint density at radius 2 is 2.00 bits per heavy atom. The van der Waals surface area contributed by atoms with Crippen molar-refractivity contribution in [3.05, 3.63) is 41.5 Å². The smallest absolute Gasteiger partial charge is 0.246 e. The number of ether oxygens (including phenoxy) is 1. The highest BCUT2D eigenvalue weighted by atomic mass is 16.5. The van der Waals surface area contributed by atoms with E-state index in [-0.39, 0.29) is 6.04 Å². The van der Waals surface area contributed by atoms with Crippen LogP contribution in [0.15, 0.2) is 33.8 Å². The van der Waals surface area contributed by atoms with Crippen molar-refractivity contribution >= 4 is 5.96 Å². The molecule has 1 aromatic heterocycles. The fourth-order valence-electron chi connectivity index (χ4n) is 3.32. The first-order valence-electron chi connectivity index (χ1n) is 9.31. The average Bonchev–Trinajstić information content (AvgIpc) is 3.37. The second-order valence-corrected chi connectivity index (χ2v) is 6.57. The van der Waals surface area contributed by atoms with E-state index in [1.165, 1.54) is 18.4 Å². The number of likely N-dealkylation sites (tertiary alicyclic amines) is 1. The van der Waals surface area contributed by atoms with E-state index >= 15 is 0 Å². The van der Waals surface area contributed by atoms with Gasteiger partial charge in [-0.25, -0.2) is 0 Å². The molecular weight excluding hydrogens is 344 g/mol. The van der Waals surface area contributed by atoms with Crippen LogP contribution in [0.25, 0.3) is 0 Å². The number of rotatable bonds is 7. The molecule has 1 aliphatic rings. The highest BCUT2D eigenvalue weighted by Crippen LogP contribution is 2.26. The third-order valence-corrected chi connectivity index (χ3v) is 4.75. The van der Waals surface area contributed by atoms with Crippen molar-refractivity contribution < 1.29 is 9.26 Å². The van der Waals surface area contributed by atoms with Crippen LogP contribution in [0.3, 0.4) is 0 Å². The number of aromatic nitrogens is 2. The van der Waals surface area contributed by atoms with Gasteiger partial charge in [0.05, 0.1) is 19.7 Å². The molecule has 8 nitrogen and oxygen atoms in total. The molecule has 1 unspecified atom stereocenters. The van der Waals surface area contributed by atoms with E-state index < -0.39 is 0 Å². The molecule has 2 N–H and O–H groups in total. The van der Waals surface area contributed by atoms with Crippen molar-refractivity contribution in [3.63, 3.8) is 0 Å². The lowest BCUT2D eigenvalue weighted by Gasteiger charge is -2.29. The Morgan fingerprint density at radius 1 is 1.26 bits per heavy atom. The van der Waals surface area contributed by atoms with Crippen LogP contribution < -0.4 is 15.4 Å². The van der Waals surface area contributed by atoms with E-state index in [9.17, 15) is 0 Å². The number of aryl methyl sites for hydroxylation is 1. The summed E-state index contributed by atoms with van der Waals surface area (Å²) in [6.45, 7) is 5.24. The minimum atomic E-state index is 0.280. The predicted molar refractivity (Wildman–Crippen MR) is 104 cm³/mol. The van der Waals surface area contributed by atoms with Gasteiger partial charge >= 0.3 is 0 Å². The summed E-state index contributed by atoms with van der Waals surface area (Å²) in [5, 5.41) is 10.4. The number of nitrogens with one attached hydrogen (secondary N) is 2. The summed E-state index contributed by atoms with van der Waals surface area (Å²) in [5.41, 5.74) is 1.27. The predicted octanol–water partition coefficient (Wildman–Crippen LogP) is 1.89. The van der Waals surface area contributed by atoms with Crippen molar-refractivity contribution in [2.75, 3.05) is 33.8 Å². The van der Waals surface area contributed by atoms with Crippen molar-refractivity contribution in [3.8, 4) is 5.75 Å². The SMILES string of the molecule is CN=C(NCc1nc(C)no1)NCC(c1ccc(OC)cc1)N1CCCC1. The molecule has 0 radical (unpaired) electrons. The first kappa shape index (κ1) is 19.2. The molecule has 27 heavy (non-hydrogen) atoms. The molecule has 0 aliphatic carbocycles. The van der Waals surface area contributed by atoms with Crippen LogP contribution in [-0.2, 0) is 6.54 Å². The lowest BCUT2D eigenvalue weighted by molar-refractivity contribution is 0.245. The topological polar surface area (TPSA) is 87.8 Å². The van der Waals surface area contributed by atoms with Crippen molar-refractivity contribution in [1.82, 2.24) is 25.7 Å². The monoisotopic (exact) mass is 372 g/mol. The Bertz CT molecular complexity index is 737. The summed E-state index contributed by atoms with van der Waals surface area (Å²) in [5.74, 6) is 2.76. The molecule has 146 valence electrons. The lowest BCUT2D eigenvalue weighted by Crippen LogP contribution is -2.42. The fourth-order valence-corrected chi connectivity index (χ4v) is 3.32. The van der Waals surface area contributed by atoms with Gasteiger partial charge in [0, 0.05) is 13.6 Å². The van der Waals surface area contributed by atoms with Crippen LogP contribution in [0, 0.1) is 6.92 Å². The third-order valence-electron chi connectivity index (χ3n) is 4.75. The standard InChI is InChI=1S/C19H28N6O2/c1-14-23-18(27-24-14)13-22-19(20-2)21-12-17(25-10-4-5-11-25)15-6-8-16(26-3)9-7-15/h6-9,17H,4-5,10-13H2,1-3H3,(H2,20,21,22). The highest BCUT2D eigenvalue weighted by molar-refractivity contribution is 5.79. The average molecular weight is 372 g/mol. The maximum absolute atomic E-state index is 5.29. The maximum Gasteiger partial charge on any atom is 0.246 e. The van der Waals surface area contributed by atoms with Crippen molar-refractivity contribution in [2.24, 2.45) is 4.99 Å². The quantitative estimate of drug-likeness (QED) is 0.567. The van der Waals surface area contributed by atoms with Crippen LogP contribution in [0.5, 0.6) is 5.75 Å².